The topological polar surface area (TPSA) is 74.3 Å². The Morgan fingerprint density at radius 3 is 1.75 bits per heavy atom. The van der Waals surface area contributed by atoms with E-state index in [9.17, 15) is 17.8 Å². The van der Waals surface area contributed by atoms with Crippen molar-refractivity contribution >= 4 is 15.9 Å². The van der Waals surface area contributed by atoms with E-state index < -0.39 is 15.9 Å². The maximum atomic E-state index is 11.3. The standard InChI is InChI=1S/C14H28O4S.Na/c1-2-3-4-5-6-7-8-9-10-11-14(15)12-13-19(16,17)18;/h2-13H2,1H3,(H,16,17,18);/q;+1/p-1. The Balaban J connectivity index is 0. The van der Waals surface area contributed by atoms with Gasteiger partial charge in [-0.15, -0.1) is 0 Å². The van der Waals surface area contributed by atoms with Crippen LogP contribution in [-0.4, -0.2) is 24.5 Å². The van der Waals surface area contributed by atoms with Crippen LogP contribution in [0.5, 0.6) is 0 Å². The molecule has 0 aromatic carbocycles. The minimum Gasteiger partial charge on any atom is -0.748 e. The first kappa shape index (κ1) is 22.9. The van der Waals surface area contributed by atoms with Crippen molar-refractivity contribution in [2.24, 2.45) is 0 Å². The van der Waals surface area contributed by atoms with Crippen LogP contribution in [0.2, 0.25) is 0 Å². The van der Waals surface area contributed by atoms with E-state index in [1.165, 1.54) is 38.5 Å². The number of ketones is 1. The summed E-state index contributed by atoms with van der Waals surface area (Å²) in [5.74, 6) is -0.661. The van der Waals surface area contributed by atoms with Crippen LogP contribution in [0.15, 0.2) is 0 Å². The molecule has 0 aromatic rings. The van der Waals surface area contributed by atoms with Crippen molar-refractivity contribution in [2.75, 3.05) is 5.75 Å². The van der Waals surface area contributed by atoms with Crippen LogP contribution in [-0.2, 0) is 14.9 Å². The van der Waals surface area contributed by atoms with Crippen LogP contribution >= 0.6 is 0 Å². The monoisotopic (exact) mass is 314 g/mol. The number of Topliss-reactive ketones (excluding diaryl/α,β-unsaturated/α-hetero) is 1. The molecule has 0 N–H and O–H groups in total. The summed E-state index contributed by atoms with van der Waals surface area (Å²) in [6.45, 7) is 2.20. The molecule has 0 saturated carbocycles. The average molecular weight is 314 g/mol. The molecule has 0 unspecified atom stereocenters. The van der Waals surface area contributed by atoms with Gasteiger partial charge >= 0.3 is 29.6 Å². The molecule has 0 amide bonds. The third-order valence-electron chi connectivity index (χ3n) is 3.19. The molecule has 114 valence electrons. The van der Waals surface area contributed by atoms with Crippen molar-refractivity contribution in [3.63, 3.8) is 0 Å². The molecule has 0 aliphatic heterocycles. The molecule has 0 spiro atoms. The van der Waals surface area contributed by atoms with Gasteiger partial charge in [0.05, 0.1) is 10.1 Å². The van der Waals surface area contributed by atoms with Gasteiger partial charge in [-0.2, -0.15) is 0 Å². The van der Waals surface area contributed by atoms with E-state index in [0.717, 1.165) is 19.3 Å². The van der Waals surface area contributed by atoms with Crippen LogP contribution in [0.1, 0.15) is 77.6 Å². The summed E-state index contributed by atoms with van der Waals surface area (Å²) in [5.41, 5.74) is 0. The molecule has 0 radical (unpaired) electrons. The van der Waals surface area contributed by atoms with Crippen LogP contribution < -0.4 is 29.6 Å². The predicted molar refractivity (Wildman–Crippen MR) is 76.0 cm³/mol. The number of hydrogen-bond acceptors (Lipinski definition) is 4. The van der Waals surface area contributed by atoms with Crippen molar-refractivity contribution in [2.45, 2.75) is 77.6 Å². The second kappa shape index (κ2) is 14.5. The molecule has 0 heterocycles. The van der Waals surface area contributed by atoms with Gasteiger partial charge in [0.25, 0.3) is 0 Å². The Kier molecular flexibility index (Phi) is 16.6. The molecule has 20 heavy (non-hydrogen) atoms. The normalized spacial score (nSPS) is 11.1. The Bertz CT molecular complexity index is 328. The molecule has 6 heteroatoms. The zero-order valence-corrected chi connectivity index (χ0v) is 15.8. The number of unbranched alkanes of at least 4 members (excludes halogenated alkanes) is 8. The Hall–Kier alpha value is 0.580. The van der Waals surface area contributed by atoms with Crippen molar-refractivity contribution in [3.8, 4) is 0 Å². The van der Waals surface area contributed by atoms with E-state index in [2.05, 4.69) is 6.92 Å². The van der Waals surface area contributed by atoms with Gasteiger partial charge in [0.2, 0.25) is 0 Å². The molecule has 0 fully saturated rings. The number of hydrogen-bond donors (Lipinski definition) is 0. The Morgan fingerprint density at radius 2 is 1.30 bits per heavy atom. The smallest absolute Gasteiger partial charge is 0.748 e. The van der Waals surface area contributed by atoms with Gasteiger partial charge in [0.1, 0.15) is 5.78 Å². The molecular formula is C14H27NaO4S. The van der Waals surface area contributed by atoms with Crippen molar-refractivity contribution in [1.29, 1.82) is 0 Å². The molecule has 0 saturated heterocycles. The van der Waals surface area contributed by atoms with Crippen LogP contribution in [0.4, 0.5) is 0 Å². The van der Waals surface area contributed by atoms with E-state index in [0.29, 0.717) is 6.42 Å². The van der Waals surface area contributed by atoms with Gasteiger partial charge in [-0.05, 0) is 6.42 Å². The summed E-state index contributed by atoms with van der Waals surface area (Å²) in [4.78, 5) is 11.3. The molecule has 0 bridgehead atoms. The molecule has 4 nitrogen and oxygen atoms in total. The van der Waals surface area contributed by atoms with Crippen LogP contribution in [0.3, 0.4) is 0 Å². The first-order valence-electron chi connectivity index (χ1n) is 7.41. The van der Waals surface area contributed by atoms with Gasteiger partial charge in [-0.1, -0.05) is 58.3 Å². The van der Waals surface area contributed by atoms with E-state index in [-0.39, 0.29) is 41.8 Å². The number of carbonyl (C=O) groups excluding carboxylic acids is 1. The van der Waals surface area contributed by atoms with Gasteiger partial charge in [-0.3, -0.25) is 4.79 Å². The minimum atomic E-state index is -4.24. The quantitative estimate of drug-likeness (QED) is 0.280. The van der Waals surface area contributed by atoms with Crippen LogP contribution in [0, 0.1) is 0 Å². The number of carbonyl (C=O) groups is 1. The van der Waals surface area contributed by atoms with E-state index >= 15 is 0 Å². The van der Waals surface area contributed by atoms with Gasteiger partial charge in [-0.25, -0.2) is 8.42 Å². The fourth-order valence-corrected chi connectivity index (χ4v) is 2.47. The van der Waals surface area contributed by atoms with Gasteiger partial charge in [0, 0.05) is 18.6 Å². The zero-order valence-electron chi connectivity index (χ0n) is 13.0. The zero-order chi connectivity index (χ0) is 14.6. The minimum absolute atomic E-state index is 0. The third kappa shape index (κ3) is 18.6. The fraction of sp³-hybridized carbons (Fsp3) is 0.929. The molecule has 0 rings (SSSR count). The van der Waals surface area contributed by atoms with Crippen molar-refractivity contribution < 1.29 is 47.3 Å². The largest absolute Gasteiger partial charge is 1.00 e. The second-order valence-corrected chi connectivity index (χ2v) is 6.65. The van der Waals surface area contributed by atoms with E-state index in [1.54, 1.807) is 0 Å². The molecule has 0 aromatic heterocycles. The summed E-state index contributed by atoms with van der Waals surface area (Å²) in [5, 5.41) is 0. The van der Waals surface area contributed by atoms with E-state index in [4.69, 9.17) is 0 Å². The SMILES string of the molecule is CCCCCCCCCCCC(=O)CCS(=O)(=O)[O-].[Na+]. The molecular weight excluding hydrogens is 287 g/mol. The first-order chi connectivity index (χ1) is 8.95. The average Bonchev–Trinajstić information content (AvgIpc) is 2.33. The summed E-state index contributed by atoms with van der Waals surface area (Å²) in [6, 6.07) is 0. The molecule has 0 atom stereocenters. The van der Waals surface area contributed by atoms with Crippen LogP contribution in [0.25, 0.3) is 0 Å². The maximum absolute atomic E-state index is 11.3. The first-order valence-corrected chi connectivity index (χ1v) is 8.98. The number of rotatable bonds is 13. The summed E-state index contributed by atoms with van der Waals surface area (Å²) in [7, 11) is -4.24. The van der Waals surface area contributed by atoms with Crippen molar-refractivity contribution in [3.05, 3.63) is 0 Å². The predicted octanol–water partition coefficient (Wildman–Crippen LogP) is 0.416. The van der Waals surface area contributed by atoms with Gasteiger partial charge in [0.15, 0.2) is 0 Å². The third-order valence-corrected chi connectivity index (χ3v) is 3.89. The summed E-state index contributed by atoms with van der Waals surface area (Å²) >= 11 is 0. The summed E-state index contributed by atoms with van der Waals surface area (Å²) in [6.07, 6.45) is 10.9. The van der Waals surface area contributed by atoms with Gasteiger partial charge < -0.3 is 4.55 Å². The summed E-state index contributed by atoms with van der Waals surface area (Å²) < 4.78 is 31.1. The fourth-order valence-electron chi connectivity index (χ4n) is 2.00. The molecule has 0 aliphatic carbocycles. The molecule has 0 aliphatic rings. The van der Waals surface area contributed by atoms with Crippen molar-refractivity contribution in [1.82, 2.24) is 0 Å². The van der Waals surface area contributed by atoms with E-state index in [1.807, 2.05) is 0 Å². The Morgan fingerprint density at radius 1 is 0.850 bits per heavy atom. The maximum Gasteiger partial charge on any atom is 1.00 e. The Labute approximate surface area is 146 Å². The second-order valence-electron chi connectivity index (χ2n) is 5.13.